The molecule has 1 aromatic rings. The van der Waals surface area contributed by atoms with Gasteiger partial charge in [-0.1, -0.05) is 49.6 Å². The van der Waals surface area contributed by atoms with Crippen molar-refractivity contribution in [1.82, 2.24) is 0 Å². The molecule has 1 heteroatoms. The Kier molecular flexibility index (Phi) is 3.79. The molecule has 0 saturated heterocycles. The predicted octanol–water partition coefficient (Wildman–Crippen LogP) is 4.10. The third-order valence-electron chi connectivity index (χ3n) is 3.22. The number of benzene rings is 1. The van der Waals surface area contributed by atoms with E-state index in [2.05, 4.69) is 37.3 Å². The molecule has 1 atom stereocenters. The van der Waals surface area contributed by atoms with E-state index in [0.717, 1.165) is 0 Å². The summed E-state index contributed by atoms with van der Waals surface area (Å²) in [6, 6.07) is 10.5. The zero-order valence-electron chi connectivity index (χ0n) is 9.49. The molecular formula is C14H20O. The van der Waals surface area contributed by atoms with Crippen molar-refractivity contribution in [3.63, 3.8) is 0 Å². The summed E-state index contributed by atoms with van der Waals surface area (Å²) in [4.78, 5) is 0. The van der Waals surface area contributed by atoms with Gasteiger partial charge in [-0.05, 0) is 25.3 Å². The highest BCUT2D eigenvalue weighted by atomic mass is 16.5. The van der Waals surface area contributed by atoms with Crippen molar-refractivity contribution in [2.75, 3.05) is 0 Å². The lowest BCUT2D eigenvalue weighted by molar-refractivity contribution is -0.0222. The molecule has 0 bridgehead atoms. The second-order valence-corrected chi connectivity index (χ2v) is 4.45. The molecule has 0 spiro atoms. The molecule has 0 aromatic heterocycles. The molecule has 0 radical (unpaired) electrons. The summed E-state index contributed by atoms with van der Waals surface area (Å²) in [5.41, 5.74) is 1.29. The fourth-order valence-electron chi connectivity index (χ4n) is 2.29. The maximum atomic E-state index is 6.08. The number of rotatable bonds is 3. The summed E-state index contributed by atoms with van der Waals surface area (Å²) < 4.78 is 6.08. The van der Waals surface area contributed by atoms with Gasteiger partial charge in [-0.25, -0.2) is 0 Å². The molecule has 0 heterocycles. The van der Waals surface area contributed by atoms with Crippen molar-refractivity contribution in [2.24, 2.45) is 0 Å². The Balaban J connectivity index is 1.88. The van der Waals surface area contributed by atoms with E-state index in [1.165, 1.54) is 37.7 Å². The van der Waals surface area contributed by atoms with Crippen LogP contribution < -0.4 is 0 Å². The fraction of sp³-hybridized carbons (Fsp3) is 0.571. The van der Waals surface area contributed by atoms with Gasteiger partial charge >= 0.3 is 0 Å². The predicted molar refractivity (Wildman–Crippen MR) is 62.8 cm³/mol. The third-order valence-corrected chi connectivity index (χ3v) is 3.22. The lowest BCUT2D eigenvalue weighted by Crippen LogP contribution is -2.18. The molecule has 1 fully saturated rings. The Bertz CT molecular complexity index is 275. The van der Waals surface area contributed by atoms with Gasteiger partial charge in [0, 0.05) is 0 Å². The van der Waals surface area contributed by atoms with E-state index in [4.69, 9.17) is 4.74 Å². The van der Waals surface area contributed by atoms with Crippen LogP contribution in [0.15, 0.2) is 30.3 Å². The van der Waals surface area contributed by atoms with Crippen molar-refractivity contribution in [2.45, 2.75) is 51.2 Å². The van der Waals surface area contributed by atoms with Crippen LogP contribution in [0.5, 0.6) is 0 Å². The molecular weight excluding hydrogens is 184 g/mol. The van der Waals surface area contributed by atoms with Gasteiger partial charge in [0.15, 0.2) is 0 Å². The molecule has 15 heavy (non-hydrogen) atoms. The van der Waals surface area contributed by atoms with Crippen molar-refractivity contribution >= 4 is 0 Å². The first-order valence-electron chi connectivity index (χ1n) is 6.06. The zero-order chi connectivity index (χ0) is 10.5. The van der Waals surface area contributed by atoms with Gasteiger partial charge in [-0.3, -0.25) is 0 Å². The van der Waals surface area contributed by atoms with E-state index in [9.17, 15) is 0 Å². The van der Waals surface area contributed by atoms with Gasteiger partial charge < -0.3 is 4.74 Å². The molecule has 1 aromatic carbocycles. The van der Waals surface area contributed by atoms with Gasteiger partial charge in [0.05, 0.1) is 12.2 Å². The largest absolute Gasteiger partial charge is 0.371 e. The summed E-state index contributed by atoms with van der Waals surface area (Å²) in [5.74, 6) is 0. The van der Waals surface area contributed by atoms with Crippen molar-refractivity contribution in [3.8, 4) is 0 Å². The maximum absolute atomic E-state index is 6.08. The average molecular weight is 204 g/mol. The Morgan fingerprint density at radius 2 is 1.73 bits per heavy atom. The summed E-state index contributed by atoms with van der Waals surface area (Å²) >= 11 is 0. The Hall–Kier alpha value is -0.820. The Morgan fingerprint density at radius 1 is 1.07 bits per heavy atom. The highest BCUT2D eigenvalue weighted by Crippen LogP contribution is 2.26. The van der Waals surface area contributed by atoms with Gasteiger partial charge in [0.2, 0.25) is 0 Å². The van der Waals surface area contributed by atoms with Crippen LogP contribution in [0.2, 0.25) is 0 Å². The molecule has 82 valence electrons. The first-order chi connectivity index (χ1) is 7.36. The number of hydrogen-bond acceptors (Lipinski definition) is 1. The van der Waals surface area contributed by atoms with Crippen LogP contribution in [0, 0.1) is 0 Å². The SMILES string of the molecule is CC(OC1CCCCC1)c1ccccc1. The Morgan fingerprint density at radius 3 is 2.40 bits per heavy atom. The van der Waals surface area contributed by atoms with Crippen LogP contribution in [0.4, 0.5) is 0 Å². The molecule has 1 nitrogen and oxygen atoms in total. The quantitative estimate of drug-likeness (QED) is 0.720. The van der Waals surface area contributed by atoms with Gasteiger partial charge in [-0.2, -0.15) is 0 Å². The lowest BCUT2D eigenvalue weighted by atomic mass is 9.97. The van der Waals surface area contributed by atoms with Crippen molar-refractivity contribution in [1.29, 1.82) is 0 Å². The van der Waals surface area contributed by atoms with E-state index in [1.54, 1.807) is 0 Å². The summed E-state index contributed by atoms with van der Waals surface area (Å²) in [6.45, 7) is 2.16. The molecule has 1 aliphatic rings. The molecule has 1 unspecified atom stereocenters. The van der Waals surface area contributed by atoms with E-state index in [1.807, 2.05) is 0 Å². The van der Waals surface area contributed by atoms with E-state index < -0.39 is 0 Å². The normalized spacial score (nSPS) is 20.1. The minimum atomic E-state index is 0.245. The summed E-state index contributed by atoms with van der Waals surface area (Å²) in [5, 5.41) is 0. The van der Waals surface area contributed by atoms with Gasteiger partial charge in [-0.15, -0.1) is 0 Å². The fourth-order valence-corrected chi connectivity index (χ4v) is 2.29. The number of ether oxygens (including phenoxy) is 1. The second-order valence-electron chi connectivity index (χ2n) is 4.45. The third kappa shape index (κ3) is 3.07. The first-order valence-corrected chi connectivity index (χ1v) is 6.06. The number of hydrogen-bond donors (Lipinski definition) is 0. The van der Waals surface area contributed by atoms with Crippen LogP contribution in [-0.2, 0) is 4.74 Å². The van der Waals surface area contributed by atoms with Crippen LogP contribution >= 0.6 is 0 Å². The second kappa shape index (κ2) is 5.32. The van der Waals surface area contributed by atoms with Gasteiger partial charge in [0.1, 0.15) is 0 Å². The van der Waals surface area contributed by atoms with Crippen LogP contribution in [-0.4, -0.2) is 6.10 Å². The molecule has 0 N–H and O–H groups in total. The van der Waals surface area contributed by atoms with Crippen molar-refractivity contribution < 1.29 is 4.74 Å². The maximum Gasteiger partial charge on any atom is 0.0800 e. The standard InChI is InChI=1S/C14H20O/c1-12(13-8-4-2-5-9-13)15-14-10-6-3-7-11-14/h2,4-5,8-9,12,14H,3,6-7,10-11H2,1H3. The van der Waals surface area contributed by atoms with E-state index >= 15 is 0 Å². The first kappa shape index (κ1) is 10.7. The molecule has 2 rings (SSSR count). The highest BCUT2D eigenvalue weighted by molar-refractivity contribution is 5.16. The highest BCUT2D eigenvalue weighted by Gasteiger charge is 2.17. The Labute approximate surface area is 92.5 Å². The summed E-state index contributed by atoms with van der Waals surface area (Å²) in [7, 11) is 0. The van der Waals surface area contributed by atoms with Crippen LogP contribution in [0.3, 0.4) is 0 Å². The monoisotopic (exact) mass is 204 g/mol. The van der Waals surface area contributed by atoms with Crippen LogP contribution in [0.25, 0.3) is 0 Å². The van der Waals surface area contributed by atoms with Crippen molar-refractivity contribution in [3.05, 3.63) is 35.9 Å². The van der Waals surface area contributed by atoms with E-state index in [-0.39, 0.29) is 6.10 Å². The summed E-state index contributed by atoms with van der Waals surface area (Å²) in [6.07, 6.45) is 7.30. The lowest BCUT2D eigenvalue weighted by Gasteiger charge is -2.25. The molecule has 0 aliphatic heterocycles. The smallest absolute Gasteiger partial charge is 0.0800 e. The molecule has 0 amide bonds. The van der Waals surface area contributed by atoms with Crippen LogP contribution in [0.1, 0.15) is 50.7 Å². The minimum Gasteiger partial charge on any atom is -0.371 e. The average Bonchev–Trinajstić information content (AvgIpc) is 2.31. The molecule has 1 saturated carbocycles. The topological polar surface area (TPSA) is 9.23 Å². The minimum absolute atomic E-state index is 0.245. The molecule has 1 aliphatic carbocycles. The zero-order valence-corrected chi connectivity index (χ0v) is 9.49. The van der Waals surface area contributed by atoms with E-state index in [0.29, 0.717) is 6.10 Å². The van der Waals surface area contributed by atoms with Gasteiger partial charge in [0.25, 0.3) is 0 Å².